The zero-order valence-electron chi connectivity index (χ0n) is 15.6. The number of amides is 1. The van der Waals surface area contributed by atoms with Gasteiger partial charge in [0.2, 0.25) is 5.82 Å². The molecule has 2 aromatic rings. The third kappa shape index (κ3) is 4.59. The monoisotopic (exact) mass is 383 g/mol. The van der Waals surface area contributed by atoms with Gasteiger partial charge in [-0.25, -0.2) is 14.1 Å². The van der Waals surface area contributed by atoms with Crippen LogP contribution in [0.3, 0.4) is 0 Å². The van der Waals surface area contributed by atoms with Gasteiger partial charge in [0.1, 0.15) is 11.6 Å². The number of carbonyl (C=O) groups is 1. The summed E-state index contributed by atoms with van der Waals surface area (Å²) in [6.45, 7) is 8.20. The van der Waals surface area contributed by atoms with Gasteiger partial charge in [-0.2, -0.15) is 0 Å². The molecular weight excluding hydrogens is 357 g/mol. The van der Waals surface area contributed by atoms with Crippen molar-refractivity contribution in [3.05, 3.63) is 41.7 Å². The molecule has 0 saturated carbocycles. The minimum Gasteiger partial charge on any atom is -0.343 e. The number of nitrogens with two attached hydrogens (primary N) is 1. The summed E-state index contributed by atoms with van der Waals surface area (Å²) < 4.78 is 15.1. The predicted molar refractivity (Wildman–Crippen MR) is 102 cm³/mol. The fraction of sp³-hybridized carbons (Fsp3) is 0.500. The fourth-order valence-corrected chi connectivity index (χ4v) is 2.66. The van der Waals surface area contributed by atoms with E-state index in [4.69, 9.17) is 5.73 Å². The van der Waals surface area contributed by atoms with E-state index in [2.05, 4.69) is 15.4 Å². The van der Waals surface area contributed by atoms with Gasteiger partial charge in [-0.3, -0.25) is 4.79 Å². The van der Waals surface area contributed by atoms with E-state index in [0.29, 0.717) is 30.9 Å². The summed E-state index contributed by atoms with van der Waals surface area (Å²) in [5, 5.41) is 7.28. The molecule has 0 unspecified atom stereocenters. The van der Waals surface area contributed by atoms with Crippen molar-refractivity contribution >= 4 is 18.3 Å². The molecule has 0 radical (unpaired) electrons. The van der Waals surface area contributed by atoms with Crippen LogP contribution in [0, 0.1) is 5.82 Å². The summed E-state index contributed by atoms with van der Waals surface area (Å²) in [5.41, 5.74) is 5.90. The summed E-state index contributed by atoms with van der Waals surface area (Å²) in [7, 11) is 0. The van der Waals surface area contributed by atoms with Crippen LogP contribution in [0.1, 0.15) is 62.9 Å². The first-order valence-electron chi connectivity index (χ1n) is 8.61. The van der Waals surface area contributed by atoms with Gasteiger partial charge in [0.15, 0.2) is 0 Å². The van der Waals surface area contributed by atoms with Gasteiger partial charge in [-0.15, -0.1) is 17.5 Å². The highest BCUT2D eigenvalue weighted by molar-refractivity contribution is 5.91. The van der Waals surface area contributed by atoms with Crippen LogP contribution in [0.15, 0.2) is 24.3 Å². The second-order valence-electron chi connectivity index (χ2n) is 6.49. The second-order valence-corrected chi connectivity index (χ2v) is 6.49. The minimum atomic E-state index is -0.473. The van der Waals surface area contributed by atoms with Gasteiger partial charge in [0, 0.05) is 12.5 Å². The lowest BCUT2D eigenvalue weighted by Crippen LogP contribution is -2.53. The molecule has 6 nitrogen and oxygen atoms in total. The van der Waals surface area contributed by atoms with Gasteiger partial charge in [-0.1, -0.05) is 33.8 Å². The van der Waals surface area contributed by atoms with E-state index in [0.717, 1.165) is 0 Å². The number of nitrogens with zero attached hydrogens (tertiary/aromatic N) is 3. The first-order valence-corrected chi connectivity index (χ1v) is 8.61. The molecule has 1 heterocycles. The molecule has 0 aliphatic carbocycles. The highest BCUT2D eigenvalue weighted by Crippen LogP contribution is 2.19. The van der Waals surface area contributed by atoms with Gasteiger partial charge in [0.05, 0.1) is 11.2 Å². The topological polar surface area (TPSA) is 85.8 Å². The quantitative estimate of drug-likeness (QED) is 0.768. The maximum Gasteiger partial charge on any atom is 0.291 e. The Balaban J connectivity index is 0.00000338. The molecule has 0 aliphatic heterocycles. The summed E-state index contributed by atoms with van der Waals surface area (Å²) in [4.78, 5) is 17.0. The van der Waals surface area contributed by atoms with Crippen LogP contribution < -0.4 is 11.1 Å². The molecular formula is C18H27ClFN5O. The maximum absolute atomic E-state index is 13.6. The number of carbonyl (C=O) groups excluding carboxylic acids is 1. The Morgan fingerprint density at radius 2 is 2.00 bits per heavy atom. The number of aromatic nitrogens is 3. The molecule has 0 atom stereocenters. The van der Waals surface area contributed by atoms with Crippen molar-refractivity contribution < 1.29 is 9.18 Å². The van der Waals surface area contributed by atoms with Crippen molar-refractivity contribution in [2.24, 2.45) is 5.73 Å². The predicted octanol–water partition coefficient (Wildman–Crippen LogP) is 3.20. The standard InChI is InChI=1S/C18H26FN5O.ClH/c1-5-18(6-2,11-20)22-17(25)15-21-16(12(3)4)24(23-15)14-9-7-8-13(19)10-14;/h7-10,12H,5-6,11,20H2,1-4H3,(H,22,25);1H. The number of hydrogen-bond donors (Lipinski definition) is 2. The lowest BCUT2D eigenvalue weighted by molar-refractivity contribution is 0.0884. The van der Waals surface area contributed by atoms with Gasteiger partial charge in [-0.05, 0) is 31.0 Å². The third-order valence-corrected chi connectivity index (χ3v) is 4.53. The molecule has 3 N–H and O–H groups in total. The molecule has 1 aromatic heterocycles. The Hall–Kier alpha value is -1.99. The molecule has 0 aliphatic rings. The summed E-state index contributed by atoms with van der Waals surface area (Å²) in [6.07, 6.45) is 1.43. The number of nitrogens with one attached hydrogen (secondary N) is 1. The molecule has 0 spiro atoms. The minimum absolute atomic E-state index is 0. The first-order chi connectivity index (χ1) is 11.9. The van der Waals surface area contributed by atoms with Crippen LogP contribution in [-0.2, 0) is 0 Å². The largest absolute Gasteiger partial charge is 0.343 e. The second kappa shape index (κ2) is 9.09. The Bertz CT molecular complexity index is 735. The molecule has 1 aromatic carbocycles. The SMILES string of the molecule is CCC(CC)(CN)NC(=O)c1nc(C(C)C)n(-c2cccc(F)c2)n1.Cl. The zero-order valence-corrected chi connectivity index (χ0v) is 16.4. The average Bonchev–Trinajstić information content (AvgIpc) is 3.05. The van der Waals surface area contributed by atoms with Crippen LogP contribution in [0.25, 0.3) is 5.69 Å². The van der Waals surface area contributed by atoms with Crippen LogP contribution >= 0.6 is 12.4 Å². The molecule has 26 heavy (non-hydrogen) atoms. The average molecular weight is 384 g/mol. The lowest BCUT2D eigenvalue weighted by atomic mass is 9.93. The van der Waals surface area contributed by atoms with Gasteiger partial charge >= 0.3 is 0 Å². The zero-order chi connectivity index (χ0) is 18.6. The normalized spacial score (nSPS) is 11.3. The Labute approximate surface area is 159 Å². The van der Waals surface area contributed by atoms with E-state index in [-0.39, 0.29) is 35.9 Å². The van der Waals surface area contributed by atoms with E-state index >= 15 is 0 Å². The maximum atomic E-state index is 13.6. The van der Waals surface area contributed by atoms with Crippen LogP contribution in [0.4, 0.5) is 4.39 Å². The van der Waals surface area contributed by atoms with E-state index in [1.54, 1.807) is 12.1 Å². The number of hydrogen-bond acceptors (Lipinski definition) is 4. The fourth-order valence-electron chi connectivity index (χ4n) is 2.66. The van der Waals surface area contributed by atoms with Crippen molar-refractivity contribution in [1.29, 1.82) is 0 Å². The molecule has 2 rings (SSSR count). The lowest BCUT2D eigenvalue weighted by Gasteiger charge is -2.30. The Morgan fingerprint density at radius 1 is 1.35 bits per heavy atom. The highest BCUT2D eigenvalue weighted by Gasteiger charge is 2.29. The Morgan fingerprint density at radius 3 is 2.50 bits per heavy atom. The number of rotatable bonds is 7. The van der Waals surface area contributed by atoms with E-state index in [1.807, 2.05) is 27.7 Å². The Kier molecular flexibility index (Phi) is 7.71. The summed E-state index contributed by atoms with van der Waals surface area (Å²) in [5.74, 6) is -0.0530. The van der Waals surface area contributed by atoms with Crippen molar-refractivity contribution in [3.8, 4) is 5.69 Å². The van der Waals surface area contributed by atoms with Crippen molar-refractivity contribution in [3.63, 3.8) is 0 Å². The van der Waals surface area contributed by atoms with Crippen LogP contribution in [0.2, 0.25) is 0 Å². The van der Waals surface area contributed by atoms with Gasteiger partial charge in [0.25, 0.3) is 5.91 Å². The van der Waals surface area contributed by atoms with Crippen molar-refractivity contribution in [2.45, 2.75) is 52.0 Å². The van der Waals surface area contributed by atoms with Gasteiger partial charge < -0.3 is 11.1 Å². The molecule has 0 bridgehead atoms. The number of benzene rings is 1. The smallest absolute Gasteiger partial charge is 0.291 e. The van der Waals surface area contributed by atoms with Crippen molar-refractivity contribution in [2.75, 3.05) is 6.54 Å². The molecule has 1 amide bonds. The van der Waals surface area contributed by atoms with E-state index in [9.17, 15) is 9.18 Å². The van der Waals surface area contributed by atoms with Crippen LogP contribution in [0.5, 0.6) is 0 Å². The number of halogens is 2. The summed E-state index contributed by atoms with van der Waals surface area (Å²) in [6, 6.07) is 6.06. The van der Waals surface area contributed by atoms with Crippen molar-refractivity contribution in [1.82, 2.24) is 20.1 Å². The molecule has 144 valence electrons. The molecule has 0 fully saturated rings. The van der Waals surface area contributed by atoms with Crippen LogP contribution in [-0.4, -0.2) is 32.8 Å². The first kappa shape index (κ1) is 22.1. The van der Waals surface area contributed by atoms with E-state index in [1.165, 1.54) is 16.8 Å². The summed E-state index contributed by atoms with van der Waals surface area (Å²) >= 11 is 0. The molecule has 0 saturated heterocycles. The highest BCUT2D eigenvalue weighted by atomic mass is 35.5. The van der Waals surface area contributed by atoms with E-state index < -0.39 is 5.54 Å². The molecule has 8 heteroatoms. The third-order valence-electron chi connectivity index (χ3n) is 4.53.